The Morgan fingerprint density at radius 2 is 2.07 bits per heavy atom. The number of nitriles is 1. The summed E-state index contributed by atoms with van der Waals surface area (Å²) in [7, 11) is 0. The summed E-state index contributed by atoms with van der Waals surface area (Å²) >= 11 is 0. The fraction of sp³-hybridized carbons (Fsp3) is 0.500. The van der Waals surface area contributed by atoms with Crippen LogP contribution in [0.5, 0.6) is 0 Å². The van der Waals surface area contributed by atoms with E-state index < -0.39 is 36.2 Å². The van der Waals surface area contributed by atoms with Gasteiger partial charge in [-0.2, -0.15) is 5.26 Å². The summed E-state index contributed by atoms with van der Waals surface area (Å²) in [5.74, 6) is -1.16. The van der Waals surface area contributed by atoms with Gasteiger partial charge in [-0.25, -0.2) is 0 Å². The van der Waals surface area contributed by atoms with Gasteiger partial charge in [0.15, 0.2) is 0 Å². The number of amides is 2. The van der Waals surface area contributed by atoms with Crippen molar-refractivity contribution in [2.45, 2.75) is 56.9 Å². The van der Waals surface area contributed by atoms with Gasteiger partial charge in [0.05, 0.1) is 18.1 Å². The van der Waals surface area contributed by atoms with Gasteiger partial charge in [-0.3, -0.25) is 14.4 Å². The topological polar surface area (TPSA) is 129 Å². The van der Waals surface area contributed by atoms with Crippen LogP contribution < -0.4 is 10.6 Å². The maximum Gasteiger partial charge on any atom is 0.310 e. The minimum atomic E-state index is -1.38. The Kier molecular flexibility index (Phi) is 6.26. The van der Waals surface area contributed by atoms with Crippen molar-refractivity contribution in [2.75, 3.05) is 0 Å². The molecule has 2 aliphatic rings. The number of nitrogens with one attached hydrogen (secondary N) is 2. The van der Waals surface area contributed by atoms with E-state index >= 15 is 0 Å². The van der Waals surface area contributed by atoms with Gasteiger partial charge in [0.25, 0.3) is 5.91 Å². The molecule has 0 aromatic heterocycles. The van der Waals surface area contributed by atoms with Gasteiger partial charge in [-0.05, 0) is 30.5 Å². The fourth-order valence-corrected chi connectivity index (χ4v) is 3.73. The average Bonchev–Trinajstić information content (AvgIpc) is 3.30. The van der Waals surface area contributed by atoms with Crippen molar-refractivity contribution in [3.05, 3.63) is 35.4 Å². The number of carbonyl (C=O) groups is 3. The summed E-state index contributed by atoms with van der Waals surface area (Å²) in [5, 5.41) is 24.1. The fourth-order valence-electron chi connectivity index (χ4n) is 3.73. The van der Waals surface area contributed by atoms with Crippen molar-refractivity contribution in [2.24, 2.45) is 5.92 Å². The second-order valence-electron chi connectivity index (χ2n) is 7.30. The third-order valence-electron chi connectivity index (χ3n) is 5.23. The van der Waals surface area contributed by atoms with E-state index in [0.717, 1.165) is 25.7 Å². The second-order valence-corrected chi connectivity index (χ2v) is 7.30. The number of cyclic esters (lactones) is 1. The van der Waals surface area contributed by atoms with Gasteiger partial charge in [-0.1, -0.05) is 31.7 Å². The number of ether oxygens (including phenoxy) is 1. The van der Waals surface area contributed by atoms with E-state index in [0.29, 0.717) is 23.5 Å². The SMILES string of the molecule is N#Cc1cccc(C(=O)N[C@@H](CC2CCCC2)C(=O)N[C@H]2CC(=O)OC2O)c1. The van der Waals surface area contributed by atoms with Crippen LogP contribution in [0.1, 0.15) is 54.4 Å². The third kappa shape index (κ3) is 4.87. The lowest BCUT2D eigenvalue weighted by molar-refractivity contribution is -0.155. The lowest BCUT2D eigenvalue weighted by Gasteiger charge is -2.23. The van der Waals surface area contributed by atoms with Crippen molar-refractivity contribution in [1.82, 2.24) is 10.6 Å². The van der Waals surface area contributed by atoms with Crippen LogP contribution >= 0.6 is 0 Å². The first-order valence-corrected chi connectivity index (χ1v) is 9.45. The molecule has 8 heteroatoms. The van der Waals surface area contributed by atoms with Gasteiger partial charge in [0, 0.05) is 5.56 Å². The summed E-state index contributed by atoms with van der Waals surface area (Å²) < 4.78 is 4.65. The standard InChI is InChI=1S/C20H23N3O5/c21-11-13-6-3-7-14(8-13)18(25)22-15(9-12-4-1-2-5-12)19(26)23-16-10-17(24)28-20(16)27/h3,6-8,12,15-16,20,27H,1-2,4-5,9-10H2,(H,22,25)(H,23,26)/t15-,16-,20?/m0/s1. The van der Waals surface area contributed by atoms with Crippen LogP contribution in [0.2, 0.25) is 0 Å². The van der Waals surface area contributed by atoms with Crippen LogP contribution in [0.4, 0.5) is 0 Å². The maximum absolute atomic E-state index is 12.8. The molecule has 0 radical (unpaired) electrons. The van der Waals surface area contributed by atoms with Crippen LogP contribution in [0.25, 0.3) is 0 Å². The largest absolute Gasteiger partial charge is 0.434 e. The van der Waals surface area contributed by atoms with Crippen molar-refractivity contribution < 1.29 is 24.2 Å². The van der Waals surface area contributed by atoms with E-state index in [1.807, 2.05) is 6.07 Å². The van der Waals surface area contributed by atoms with Crippen molar-refractivity contribution in [3.63, 3.8) is 0 Å². The molecule has 1 heterocycles. The molecule has 1 saturated carbocycles. The Bertz CT molecular complexity index is 797. The molecule has 3 rings (SSSR count). The first kappa shape index (κ1) is 19.8. The minimum Gasteiger partial charge on any atom is -0.434 e. The van der Waals surface area contributed by atoms with Gasteiger partial charge in [0.1, 0.15) is 12.1 Å². The number of hydrogen-bond acceptors (Lipinski definition) is 6. The van der Waals surface area contributed by atoms with Crippen LogP contribution in [0.15, 0.2) is 24.3 Å². The first-order valence-electron chi connectivity index (χ1n) is 9.45. The van der Waals surface area contributed by atoms with Crippen LogP contribution in [-0.4, -0.2) is 41.3 Å². The maximum atomic E-state index is 12.8. The summed E-state index contributed by atoms with van der Waals surface area (Å²) in [6, 6.07) is 6.60. The summed E-state index contributed by atoms with van der Waals surface area (Å²) in [5.41, 5.74) is 0.650. The highest BCUT2D eigenvalue weighted by Gasteiger charge is 2.36. The van der Waals surface area contributed by atoms with Crippen LogP contribution in [0.3, 0.4) is 0 Å². The molecule has 3 N–H and O–H groups in total. The van der Waals surface area contributed by atoms with Crippen LogP contribution in [-0.2, 0) is 14.3 Å². The Hall–Kier alpha value is -2.92. The molecular weight excluding hydrogens is 362 g/mol. The average molecular weight is 385 g/mol. The van der Waals surface area contributed by atoms with Crippen LogP contribution in [0, 0.1) is 17.2 Å². The predicted molar refractivity (Wildman–Crippen MR) is 97.6 cm³/mol. The summed E-state index contributed by atoms with van der Waals surface area (Å²) in [4.78, 5) is 36.7. The number of nitrogens with zero attached hydrogens (tertiary/aromatic N) is 1. The molecule has 1 unspecified atom stereocenters. The smallest absolute Gasteiger partial charge is 0.310 e. The molecule has 2 fully saturated rings. The van der Waals surface area contributed by atoms with Gasteiger partial charge >= 0.3 is 5.97 Å². The molecule has 8 nitrogen and oxygen atoms in total. The highest BCUT2D eigenvalue weighted by Crippen LogP contribution is 2.29. The number of rotatable bonds is 6. The molecule has 1 aliphatic heterocycles. The zero-order chi connectivity index (χ0) is 20.1. The Morgan fingerprint density at radius 3 is 2.71 bits per heavy atom. The van der Waals surface area contributed by atoms with E-state index in [1.54, 1.807) is 18.2 Å². The number of benzene rings is 1. The highest BCUT2D eigenvalue weighted by molar-refractivity contribution is 5.98. The normalized spacial score (nSPS) is 22.9. The third-order valence-corrected chi connectivity index (χ3v) is 5.23. The van der Waals surface area contributed by atoms with Crippen molar-refractivity contribution in [3.8, 4) is 6.07 Å². The Balaban J connectivity index is 1.70. The highest BCUT2D eigenvalue weighted by atomic mass is 16.6. The minimum absolute atomic E-state index is 0.110. The van der Waals surface area contributed by atoms with Crippen molar-refractivity contribution >= 4 is 17.8 Å². The second kappa shape index (κ2) is 8.85. The zero-order valence-corrected chi connectivity index (χ0v) is 15.4. The molecule has 1 aromatic carbocycles. The first-order chi connectivity index (χ1) is 13.5. The molecule has 1 aliphatic carbocycles. The summed E-state index contributed by atoms with van der Waals surface area (Å²) in [6.45, 7) is 0. The molecule has 28 heavy (non-hydrogen) atoms. The number of aliphatic hydroxyl groups is 1. The molecule has 3 atom stereocenters. The molecule has 0 spiro atoms. The number of carbonyl (C=O) groups excluding carboxylic acids is 3. The van der Waals surface area contributed by atoms with Gasteiger partial charge in [0.2, 0.25) is 12.2 Å². The van der Waals surface area contributed by atoms with E-state index in [9.17, 15) is 19.5 Å². The molecule has 1 saturated heterocycles. The quantitative estimate of drug-likeness (QED) is 0.626. The zero-order valence-electron chi connectivity index (χ0n) is 15.4. The monoisotopic (exact) mass is 385 g/mol. The van der Waals surface area contributed by atoms with Gasteiger partial charge in [-0.15, -0.1) is 0 Å². The predicted octanol–water partition coefficient (Wildman–Crippen LogP) is 0.987. The summed E-state index contributed by atoms with van der Waals surface area (Å²) in [6.07, 6.45) is 3.18. The van der Waals surface area contributed by atoms with E-state index in [4.69, 9.17) is 5.26 Å². The number of aliphatic hydroxyl groups excluding tert-OH is 1. The van der Waals surface area contributed by atoms with Crippen molar-refractivity contribution in [1.29, 1.82) is 5.26 Å². The number of esters is 1. The Labute approximate surface area is 162 Å². The molecule has 148 valence electrons. The molecule has 1 aromatic rings. The number of hydrogen-bond donors (Lipinski definition) is 3. The lowest BCUT2D eigenvalue weighted by Crippen LogP contribution is -2.52. The molecule has 2 amide bonds. The molecule has 0 bridgehead atoms. The van der Waals surface area contributed by atoms with E-state index in [1.165, 1.54) is 6.07 Å². The Morgan fingerprint density at radius 1 is 1.32 bits per heavy atom. The van der Waals surface area contributed by atoms with E-state index in [2.05, 4.69) is 15.4 Å². The molecular formula is C20H23N3O5. The van der Waals surface area contributed by atoms with E-state index in [-0.39, 0.29) is 6.42 Å². The lowest BCUT2D eigenvalue weighted by atomic mass is 9.97. The van der Waals surface area contributed by atoms with Gasteiger partial charge < -0.3 is 20.5 Å².